The third kappa shape index (κ3) is 3.40. The zero-order valence-electron chi connectivity index (χ0n) is 17.6. The van der Waals surface area contributed by atoms with Crippen molar-refractivity contribution in [1.29, 1.82) is 0 Å². The maximum Gasteiger partial charge on any atom is 0.138 e. The number of hydrogen-bond donors (Lipinski definition) is 0. The summed E-state index contributed by atoms with van der Waals surface area (Å²) >= 11 is 0. The van der Waals surface area contributed by atoms with E-state index in [1.165, 1.54) is 5.56 Å². The van der Waals surface area contributed by atoms with Gasteiger partial charge in [-0.2, -0.15) is 0 Å². The summed E-state index contributed by atoms with van der Waals surface area (Å²) in [6.45, 7) is 7.82. The van der Waals surface area contributed by atoms with Crippen molar-refractivity contribution in [3.63, 3.8) is 0 Å². The molecule has 0 radical (unpaired) electrons. The highest BCUT2D eigenvalue weighted by molar-refractivity contribution is 5.63. The van der Waals surface area contributed by atoms with Crippen molar-refractivity contribution in [2.75, 3.05) is 26.7 Å². The molecule has 1 atom stereocenters. The molecule has 1 fully saturated rings. The summed E-state index contributed by atoms with van der Waals surface area (Å²) in [5, 5.41) is 4.11. The molecule has 4 aromatic heterocycles. The lowest BCUT2D eigenvalue weighted by atomic mass is 10.1. The molecule has 0 aliphatic carbocycles. The number of fused-ring (bicyclic) bond motifs is 1. The predicted molar refractivity (Wildman–Crippen MR) is 115 cm³/mol. The second-order valence-electron chi connectivity index (χ2n) is 8.08. The average molecular weight is 403 g/mol. The topological polar surface area (TPSA) is 62.7 Å². The maximum atomic E-state index is 5.36. The van der Waals surface area contributed by atoms with Gasteiger partial charge in [-0.15, -0.1) is 0 Å². The molecule has 154 valence electrons. The van der Waals surface area contributed by atoms with Crippen LogP contribution in [0.25, 0.3) is 16.9 Å². The minimum Gasteiger partial charge on any atom is -0.361 e. The number of likely N-dealkylation sites (N-methyl/N-ethyl adjacent to an activating group) is 1. The van der Waals surface area contributed by atoms with E-state index in [-0.39, 0.29) is 6.04 Å². The Labute approximate surface area is 176 Å². The van der Waals surface area contributed by atoms with E-state index in [4.69, 9.17) is 9.51 Å². The van der Waals surface area contributed by atoms with Gasteiger partial charge in [0.25, 0.3) is 0 Å². The summed E-state index contributed by atoms with van der Waals surface area (Å²) in [5.41, 5.74) is 6.51. The third-order valence-corrected chi connectivity index (χ3v) is 6.12. The number of piperazine rings is 1. The van der Waals surface area contributed by atoms with Gasteiger partial charge in [-0.05, 0) is 45.2 Å². The van der Waals surface area contributed by atoms with Crippen molar-refractivity contribution in [3.05, 3.63) is 71.6 Å². The van der Waals surface area contributed by atoms with Crippen LogP contribution in [0.1, 0.15) is 28.8 Å². The van der Waals surface area contributed by atoms with Gasteiger partial charge in [-0.3, -0.25) is 19.2 Å². The lowest BCUT2D eigenvalue weighted by Gasteiger charge is -2.38. The largest absolute Gasteiger partial charge is 0.361 e. The number of hydrogen-bond acceptors (Lipinski definition) is 6. The Morgan fingerprint density at radius 2 is 1.93 bits per heavy atom. The van der Waals surface area contributed by atoms with Crippen LogP contribution in [0.5, 0.6) is 0 Å². The smallest absolute Gasteiger partial charge is 0.138 e. The van der Waals surface area contributed by atoms with E-state index in [2.05, 4.69) is 55.8 Å². The summed E-state index contributed by atoms with van der Waals surface area (Å²) < 4.78 is 7.54. The number of aromatic nitrogens is 4. The quantitative estimate of drug-likeness (QED) is 0.521. The molecule has 0 bridgehead atoms. The van der Waals surface area contributed by atoms with Gasteiger partial charge < -0.3 is 4.52 Å². The molecule has 0 N–H and O–H groups in total. The molecule has 0 aromatic carbocycles. The summed E-state index contributed by atoms with van der Waals surface area (Å²) in [6, 6.07) is 10.6. The molecule has 0 amide bonds. The van der Waals surface area contributed by atoms with Crippen LogP contribution in [0.4, 0.5) is 0 Å². The average Bonchev–Trinajstić information content (AvgIpc) is 3.34. The van der Waals surface area contributed by atoms with Crippen molar-refractivity contribution in [2.24, 2.45) is 0 Å². The highest BCUT2D eigenvalue weighted by Crippen LogP contribution is 2.28. The fourth-order valence-electron chi connectivity index (χ4n) is 4.29. The minimum atomic E-state index is 0.240. The monoisotopic (exact) mass is 402 g/mol. The molecular weight excluding hydrogens is 376 g/mol. The van der Waals surface area contributed by atoms with Gasteiger partial charge in [0.1, 0.15) is 11.4 Å². The van der Waals surface area contributed by atoms with Gasteiger partial charge in [0.05, 0.1) is 23.1 Å². The summed E-state index contributed by atoms with van der Waals surface area (Å²) in [5.74, 6) is 0.915. The highest BCUT2D eigenvalue weighted by atomic mass is 16.5. The van der Waals surface area contributed by atoms with E-state index < -0.39 is 0 Å². The normalized spacial score (nSPS) is 18.3. The molecule has 1 saturated heterocycles. The molecule has 0 unspecified atom stereocenters. The van der Waals surface area contributed by atoms with Crippen LogP contribution in [0.3, 0.4) is 0 Å². The van der Waals surface area contributed by atoms with Gasteiger partial charge in [0.2, 0.25) is 0 Å². The third-order valence-electron chi connectivity index (χ3n) is 6.12. The molecule has 1 aliphatic heterocycles. The van der Waals surface area contributed by atoms with E-state index in [9.17, 15) is 0 Å². The number of imidazole rings is 1. The van der Waals surface area contributed by atoms with Crippen LogP contribution < -0.4 is 0 Å². The molecular formula is C23H26N6O. The molecule has 0 spiro atoms. The standard InChI is InChI=1S/C23H26N6O/c1-16-19(17(2)30-26-16)13-28-12-11-27(3)22(15-28)20-14-29-21(5-4-6-23(29)25-20)18-7-9-24-10-8-18/h4-10,14,22H,11-13,15H2,1-3H3/t22-/m0/s1. The van der Waals surface area contributed by atoms with Crippen LogP contribution in [0, 0.1) is 13.8 Å². The lowest BCUT2D eigenvalue weighted by molar-refractivity contribution is 0.0881. The van der Waals surface area contributed by atoms with Crippen molar-refractivity contribution in [1.82, 2.24) is 29.3 Å². The van der Waals surface area contributed by atoms with Gasteiger partial charge in [-0.25, -0.2) is 4.98 Å². The summed E-state index contributed by atoms with van der Waals surface area (Å²) in [6.07, 6.45) is 5.84. The molecule has 30 heavy (non-hydrogen) atoms. The second kappa shape index (κ2) is 7.66. The molecule has 0 saturated carbocycles. The fourth-order valence-corrected chi connectivity index (χ4v) is 4.29. The molecule has 7 heteroatoms. The molecule has 4 aromatic rings. The van der Waals surface area contributed by atoms with E-state index in [1.807, 2.05) is 38.4 Å². The SMILES string of the molecule is Cc1noc(C)c1CN1CCN(C)[C@H](c2cn3c(-c4ccncc4)cccc3n2)C1. The number of rotatable bonds is 4. The first-order valence-electron chi connectivity index (χ1n) is 10.3. The number of nitrogens with zero attached hydrogens (tertiary/aromatic N) is 6. The van der Waals surface area contributed by atoms with E-state index in [1.54, 1.807) is 0 Å². The predicted octanol–water partition coefficient (Wildman–Crippen LogP) is 3.49. The highest BCUT2D eigenvalue weighted by Gasteiger charge is 2.29. The first kappa shape index (κ1) is 19.0. The van der Waals surface area contributed by atoms with Crippen LogP contribution in [-0.2, 0) is 6.54 Å². The number of aryl methyl sites for hydroxylation is 2. The molecule has 7 nitrogen and oxygen atoms in total. The zero-order chi connectivity index (χ0) is 20.7. The summed E-state index contributed by atoms with van der Waals surface area (Å²) in [4.78, 5) is 14.0. The first-order chi connectivity index (χ1) is 14.6. The minimum absolute atomic E-state index is 0.240. The fraction of sp³-hybridized carbons (Fsp3) is 0.348. The van der Waals surface area contributed by atoms with E-state index in [0.717, 1.165) is 60.2 Å². The van der Waals surface area contributed by atoms with E-state index in [0.29, 0.717) is 0 Å². The Hall–Kier alpha value is -3.03. The second-order valence-corrected chi connectivity index (χ2v) is 8.08. The Kier molecular flexibility index (Phi) is 4.84. The van der Waals surface area contributed by atoms with Crippen LogP contribution in [0.2, 0.25) is 0 Å². The Balaban J connectivity index is 1.45. The molecule has 5 rings (SSSR count). The Morgan fingerprint density at radius 1 is 1.10 bits per heavy atom. The molecule has 5 heterocycles. The van der Waals surface area contributed by atoms with Gasteiger partial charge in [0.15, 0.2) is 0 Å². The zero-order valence-corrected chi connectivity index (χ0v) is 17.6. The van der Waals surface area contributed by atoms with Gasteiger partial charge >= 0.3 is 0 Å². The van der Waals surface area contributed by atoms with Crippen LogP contribution in [0.15, 0.2) is 53.4 Å². The van der Waals surface area contributed by atoms with Crippen molar-refractivity contribution in [3.8, 4) is 11.3 Å². The Morgan fingerprint density at radius 3 is 2.70 bits per heavy atom. The summed E-state index contributed by atoms with van der Waals surface area (Å²) in [7, 11) is 2.19. The Bertz CT molecular complexity index is 1150. The van der Waals surface area contributed by atoms with Crippen molar-refractivity contribution in [2.45, 2.75) is 26.4 Å². The van der Waals surface area contributed by atoms with Crippen molar-refractivity contribution >= 4 is 5.65 Å². The van der Waals surface area contributed by atoms with Crippen molar-refractivity contribution < 1.29 is 4.52 Å². The van der Waals surface area contributed by atoms with Gasteiger partial charge in [-0.1, -0.05) is 11.2 Å². The van der Waals surface area contributed by atoms with Crippen LogP contribution >= 0.6 is 0 Å². The number of pyridine rings is 2. The van der Waals surface area contributed by atoms with E-state index >= 15 is 0 Å². The maximum absolute atomic E-state index is 5.36. The first-order valence-corrected chi connectivity index (χ1v) is 10.3. The lowest BCUT2D eigenvalue weighted by Crippen LogP contribution is -2.46. The molecule has 1 aliphatic rings. The van der Waals surface area contributed by atoms with Crippen LogP contribution in [-0.4, -0.2) is 56.0 Å². The van der Waals surface area contributed by atoms with Gasteiger partial charge in [0, 0.05) is 55.9 Å².